The number of hydrogen-bond donors (Lipinski definition) is 2. The number of hydrogen-bond acceptors (Lipinski definition) is 2. The van der Waals surface area contributed by atoms with Crippen molar-refractivity contribution in [3.05, 3.63) is 26.6 Å². The Morgan fingerprint density at radius 1 is 1.38 bits per heavy atom. The zero-order chi connectivity index (χ0) is 12.3. The van der Waals surface area contributed by atoms with Crippen LogP contribution in [0, 0.1) is 0 Å². The highest BCUT2D eigenvalue weighted by molar-refractivity contribution is 9.11. The lowest BCUT2D eigenvalue weighted by Gasteiger charge is -2.10. The van der Waals surface area contributed by atoms with Crippen molar-refractivity contribution in [3.8, 4) is 0 Å². The van der Waals surface area contributed by atoms with Gasteiger partial charge in [0.15, 0.2) is 0 Å². The maximum atomic E-state index is 11.3. The minimum absolute atomic E-state index is 0.0445. The molecule has 6 heteroatoms. The molecule has 0 aliphatic heterocycles. The summed E-state index contributed by atoms with van der Waals surface area (Å²) >= 11 is 6.41. The molecule has 16 heavy (non-hydrogen) atoms. The predicted molar refractivity (Wildman–Crippen MR) is 67.7 cm³/mol. The fraction of sp³-hybridized carbons (Fsp3) is 0.200. The first kappa shape index (κ1) is 13.2. The predicted octanol–water partition coefficient (Wildman–Crippen LogP) is 3.26. The number of benzene rings is 1. The molecular formula is C10H9Br2NO3. The summed E-state index contributed by atoms with van der Waals surface area (Å²) in [5.74, 6) is -1.32. The molecular weight excluding hydrogens is 342 g/mol. The SMILES string of the molecule is CCC(=O)Nc1c(Br)cc(Br)cc1C(=O)O. The van der Waals surface area contributed by atoms with Gasteiger partial charge in [-0.25, -0.2) is 4.79 Å². The summed E-state index contributed by atoms with van der Waals surface area (Å²) in [4.78, 5) is 22.3. The van der Waals surface area contributed by atoms with Crippen molar-refractivity contribution in [3.63, 3.8) is 0 Å². The Morgan fingerprint density at radius 3 is 2.50 bits per heavy atom. The van der Waals surface area contributed by atoms with Gasteiger partial charge in [0, 0.05) is 15.4 Å². The summed E-state index contributed by atoms with van der Waals surface area (Å²) in [5.41, 5.74) is 0.325. The summed E-state index contributed by atoms with van der Waals surface area (Å²) in [5, 5.41) is 11.6. The van der Waals surface area contributed by atoms with Gasteiger partial charge in [-0.15, -0.1) is 0 Å². The van der Waals surface area contributed by atoms with E-state index in [1.165, 1.54) is 6.07 Å². The molecule has 0 saturated carbocycles. The van der Waals surface area contributed by atoms with Crippen LogP contribution in [0.5, 0.6) is 0 Å². The van der Waals surface area contributed by atoms with Crippen LogP contribution >= 0.6 is 31.9 Å². The average molecular weight is 351 g/mol. The van der Waals surface area contributed by atoms with Crippen molar-refractivity contribution < 1.29 is 14.7 Å². The van der Waals surface area contributed by atoms with E-state index in [1.54, 1.807) is 13.0 Å². The molecule has 0 atom stereocenters. The van der Waals surface area contributed by atoms with Crippen LogP contribution in [0.4, 0.5) is 5.69 Å². The number of nitrogens with one attached hydrogen (secondary N) is 1. The van der Waals surface area contributed by atoms with Crippen LogP contribution < -0.4 is 5.32 Å². The van der Waals surface area contributed by atoms with Crippen molar-refractivity contribution in [2.24, 2.45) is 0 Å². The molecule has 1 aromatic carbocycles. The van der Waals surface area contributed by atoms with Gasteiger partial charge in [0.25, 0.3) is 0 Å². The Balaban J connectivity index is 3.24. The topological polar surface area (TPSA) is 66.4 Å². The summed E-state index contributed by atoms with van der Waals surface area (Å²) in [7, 11) is 0. The lowest BCUT2D eigenvalue weighted by molar-refractivity contribution is -0.115. The van der Waals surface area contributed by atoms with Crippen LogP contribution in [-0.2, 0) is 4.79 Å². The first-order chi connectivity index (χ1) is 7.45. The minimum Gasteiger partial charge on any atom is -0.478 e. The number of aromatic carboxylic acids is 1. The number of carbonyl (C=O) groups is 2. The Kier molecular flexibility index (Phi) is 4.49. The quantitative estimate of drug-likeness (QED) is 0.879. The van der Waals surface area contributed by atoms with E-state index in [9.17, 15) is 9.59 Å². The molecule has 0 aliphatic carbocycles. The lowest BCUT2D eigenvalue weighted by atomic mass is 10.2. The van der Waals surface area contributed by atoms with Crippen LogP contribution in [-0.4, -0.2) is 17.0 Å². The second-order valence-corrected chi connectivity index (χ2v) is 4.79. The van der Waals surface area contributed by atoms with Crippen LogP contribution in [0.15, 0.2) is 21.1 Å². The van der Waals surface area contributed by atoms with E-state index in [1.807, 2.05) is 0 Å². The van der Waals surface area contributed by atoms with E-state index in [-0.39, 0.29) is 17.2 Å². The van der Waals surface area contributed by atoms with Gasteiger partial charge in [-0.3, -0.25) is 4.79 Å². The summed E-state index contributed by atoms with van der Waals surface area (Å²) in [6.07, 6.45) is 0.293. The third-order valence-electron chi connectivity index (χ3n) is 1.87. The first-order valence-corrected chi connectivity index (χ1v) is 6.06. The molecule has 0 aromatic heterocycles. The number of rotatable bonds is 3. The normalized spacial score (nSPS) is 9.94. The molecule has 0 bridgehead atoms. The maximum Gasteiger partial charge on any atom is 0.337 e. The fourth-order valence-corrected chi connectivity index (χ4v) is 2.42. The number of anilines is 1. The third-order valence-corrected chi connectivity index (χ3v) is 2.95. The van der Waals surface area contributed by atoms with Crippen molar-refractivity contribution in [1.82, 2.24) is 0 Å². The Hall–Kier alpha value is -0.880. The largest absolute Gasteiger partial charge is 0.478 e. The van der Waals surface area contributed by atoms with E-state index >= 15 is 0 Å². The van der Waals surface area contributed by atoms with Gasteiger partial charge in [0.2, 0.25) is 5.91 Å². The first-order valence-electron chi connectivity index (χ1n) is 4.48. The second-order valence-electron chi connectivity index (χ2n) is 3.02. The molecule has 0 saturated heterocycles. The van der Waals surface area contributed by atoms with Gasteiger partial charge in [0.1, 0.15) is 0 Å². The summed E-state index contributed by atoms with van der Waals surface area (Å²) in [6.45, 7) is 1.70. The highest BCUT2D eigenvalue weighted by Crippen LogP contribution is 2.30. The van der Waals surface area contributed by atoms with Crippen molar-refractivity contribution in [1.29, 1.82) is 0 Å². The number of amides is 1. The molecule has 0 unspecified atom stereocenters. The van der Waals surface area contributed by atoms with Gasteiger partial charge < -0.3 is 10.4 Å². The van der Waals surface area contributed by atoms with Crippen molar-refractivity contribution >= 4 is 49.4 Å². The molecule has 4 nitrogen and oxygen atoms in total. The fourth-order valence-electron chi connectivity index (χ4n) is 1.10. The second kappa shape index (κ2) is 5.45. The van der Waals surface area contributed by atoms with E-state index in [0.29, 0.717) is 15.4 Å². The zero-order valence-electron chi connectivity index (χ0n) is 8.38. The third kappa shape index (κ3) is 3.05. The summed E-state index contributed by atoms with van der Waals surface area (Å²) in [6, 6.07) is 3.12. The van der Waals surface area contributed by atoms with E-state index < -0.39 is 5.97 Å². The van der Waals surface area contributed by atoms with Gasteiger partial charge in [-0.2, -0.15) is 0 Å². The molecule has 1 amide bonds. The van der Waals surface area contributed by atoms with Crippen LogP contribution in [0.1, 0.15) is 23.7 Å². The molecule has 0 radical (unpaired) electrons. The monoisotopic (exact) mass is 349 g/mol. The van der Waals surface area contributed by atoms with Gasteiger partial charge in [0.05, 0.1) is 11.3 Å². The minimum atomic E-state index is -1.09. The molecule has 0 fully saturated rings. The Morgan fingerprint density at radius 2 is 2.00 bits per heavy atom. The Labute approximate surface area is 109 Å². The zero-order valence-corrected chi connectivity index (χ0v) is 11.6. The number of carboxylic acids is 1. The average Bonchev–Trinajstić information content (AvgIpc) is 2.20. The molecule has 1 aromatic rings. The molecule has 0 aliphatic rings. The van der Waals surface area contributed by atoms with E-state index in [2.05, 4.69) is 37.2 Å². The Bertz CT molecular complexity index is 446. The van der Waals surface area contributed by atoms with Crippen molar-refractivity contribution in [2.45, 2.75) is 13.3 Å². The van der Waals surface area contributed by atoms with Gasteiger partial charge in [-0.1, -0.05) is 22.9 Å². The molecule has 2 N–H and O–H groups in total. The van der Waals surface area contributed by atoms with Gasteiger partial charge >= 0.3 is 5.97 Å². The maximum absolute atomic E-state index is 11.3. The van der Waals surface area contributed by atoms with Crippen molar-refractivity contribution in [2.75, 3.05) is 5.32 Å². The molecule has 0 spiro atoms. The molecule has 86 valence electrons. The lowest BCUT2D eigenvalue weighted by Crippen LogP contribution is -2.13. The number of carbonyl (C=O) groups excluding carboxylic acids is 1. The number of carboxylic acid groups (broad SMARTS) is 1. The molecule has 1 rings (SSSR count). The summed E-state index contributed by atoms with van der Waals surface area (Å²) < 4.78 is 1.16. The van der Waals surface area contributed by atoms with Crippen LogP contribution in [0.25, 0.3) is 0 Å². The molecule has 0 heterocycles. The van der Waals surface area contributed by atoms with E-state index in [0.717, 1.165) is 0 Å². The van der Waals surface area contributed by atoms with E-state index in [4.69, 9.17) is 5.11 Å². The highest BCUT2D eigenvalue weighted by atomic mass is 79.9. The standard InChI is InChI=1S/C10H9Br2NO3/c1-2-8(14)13-9-6(10(15)16)3-5(11)4-7(9)12/h3-4H,2H2,1H3,(H,13,14)(H,15,16). The smallest absolute Gasteiger partial charge is 0.337 e. The van der Waals surface area contributed by atoms with Gasteiger partial charge in [-0.05, 0) is 28.1 Å². The van der Waals surface area contributed by atoms with Crippen LogP contribution in [0.3, 0.4) is 0 Å². The van der Waals surface area contributed by atoms with Crippen LogP contribution in [0.2, 0.25) is 0 Å². The highest BCUT2D eigenvalue weighted by Gasteiger charge is 2.16. The number of halogens is 2.